The number of nitrogens with zero attached hydrogens (tertiary/aromatic N) is 2. The molecule has 0 aliphatic rings. The molecule has 1 atom stereocenters. The molecule has 1 heterocycles. The average Bonchev–Trinajstić information content (AvgIpc) is 3.15. The molecule has 150 valence electrons. The second kappa shape index (κ2) is 12.7. The van der Waals surface area contributed by atoms with Crippen molar-refractivity contribution in [2.75, 3.05) is 20.7 Å². The molecule has 7 heteroatoms. The summed E-state index contributed by atoms with van der Waals surface area (Å²) in [4.78, 5) is 4.25. The van der Waals surface area contributed by atoms with Gasteiger partial charge < -0.3 is 19.9 Å². The van der Waals surface area contributed by atoms with E-state index in [-0.39, 0.29) is 30.1 Å². The minimum Gasteiger partial charge on any atom is -0.375 e. The van der Waals surface area contributed by atoms with Gasteiger partial charge in [-0.25, -0.2) is 0 Å². The first-order chi connectivity index (χ1) is 12.7. The van der Waals surface area contributed by atoms with Crippen LogP contribution in [0.15, 0.2) is 45.9 Å². The van der Waals surface area contributed by atoms with Crippen LogP contribution in [0.25, 0.3) is 0 Å². The summed E-state index contributed by atoms with van der Waals surface area (Å²) in [5.74, 6) is 1.96. The maximum atomic E-state index is 5.57. The number of guanidine groups is 1. The first-order valence-electron chi connectivity index (χ1n) is 9.19. The Kier molecular flexibility index (Phi) is 11.0. The third-order valence-electron chi connectivity index (χ3n) is 4.55. The number of halogens is 1. The van der Waals surface area contributed by atoms with Crippen molar-refractivity contribution in [3.05, 3.63) is 53.4 Å². The zero-order chi connectivity index (χ0) is 18.8. The molecule has 6 nitrogen and oxygen atoms in total. The SMILES string of the molecule is CCC(CC)c1cc(CNC(=NC)NCC(OC)c2ccccc2)on1.I. The van der Waals surface area contributed by atoms with Crippen molar-refractivity contribution in [3.8, 4) is 0 Å². The first kappa shape index (κ1) is 23.4. The van der Waals surface area contributed by atoms with Crippen molar-refractivity contribution in [3.63, 3.8) is 0 Å². The van der Waals surface area contributed by atoms with Gasteiger partial charge in [0.1, 0.15) is 0 Å². The molecule has 0 bridgehead atoms. The Bertz CT molecular complexity index is 672. The summed E-state index contributed by atoms with van der Waals surface area (Å²) in [6, 6.07) is 12.2. The normalized spacial score (nSPS) is 12.6. The quantitative estimate of drug-likeness (QED) is 0.315. The number of methoxy groups -OCH3 is 1. The summed E-state index contributed by atoms with van der Waals surface area (Å²) >= 11 is 0. The van der Waals surface area contributed by atoms with E-state index in [1.54, 1.807) is 14.2 Å². The summed E-state index contributed by atoms with van der Waals surface area (Å²) in [6.45, 7) is 5.50. The summed E-state index contributed by atoms with van der Waals surface area (Å²) in [7, 11) is 3.46. The Morgan fingerprint density at radius 3 is 2.48 bits per heavy atom. The predicted molar refractivity (Wildman–Crippen MR) is 120 cm³/mol. The van der Waals surface area contributed by atoms with E-state index in [0.717, 1.165) is 29.9 Å². The lowest BCUT2D eigenvalue weighted by atomic mass is 9.99. The molecule has 27 heavy (non-hydrogen) atoms. The number of aromatic nitrogens is 1. The number of benzene rings is 1. The molecular formula is C20H31IN4O2. The standard InChI is InChI=1S/C20H30N4O2.HI/c1-5-15(6-2)18-12-17(26-24-18)13-22-20(21-3)23-14-19(25-4)16-10-8-7-9-11-16;/h7-12,15,19H,5-6,13-14H2,1-4H3,(H2,21,22,23);1H. The van der Waals surface area contributed by atoms with Crippen LogP contribution in [0.3, 0.4) is 0 Å². The molecule has 0 radical (unpaired) electrons. The zero-order valence-corrected chi connectivity index (χ0v) is 18.9. The van der Waals surface area contributed by atoms with E-state index in [2.05, 4.69) is 46.8 Å². The summed E-state index contributed by atoms with van der Waals surface area (Å²) in [6.07, 6.45) is 2.09. The lowest BCUT2D eigenvalue weighted by Gasteiger charge is -2.18. The van der Waals surface area contributed by atoms with Gasteiger partial charge in [0.25, 0.3) is 0 Å². The smallest absolute Gasteiger partial charge is 0.191 e. The fourth-order valence-electron chi connectivity index (χ4n) is 2.90. The highest BCUT2D eigenvalue weighted by Crippen LogP contribution is 2.22. The molecule has 2 rings (SSSR count). The number of hydrogen-bond donors (Lipinski definition) is 2. The van der Waals surface area contributed by atoms with E-state index < -0.39 is 0 Å². The minimum atomic E-state index is -0.0403. The van der Waals surface area contributed by atoms with Crippen LogP contribution in [0.5, 0.6) is 0 Å². The molecule has 0 spiro atoms. The Labute approximate surface area is 179 Å². The fourth-order valence-corrected chi connectivity index (χ4v) is 2.90. The summed E-state index contributed by atoms with van der Waals surface area (Å²) < 4.78 is 11.0. The van der Waals surface area contributed by atoms with Crippen molar-refractivity contribution in [2.24, 2.45) is 4.99 Å². The molecule has 0 saturated heterocycles. The average molecular weight is 486 g/mol. The number of aliphatic imine (C=N–C) groups is 1. The molecule has 0 aliphatic heterocycles. The Balaban J connectivity index is 0.00000364. The van der Waals surface area contributed by atoms with Gasteiger partial charge >= 0.3 is 0 Å². The Hall–Kier alpha value is -1.61. The van der Waals surface area contributed by atoms with Crippen LogP contribution >= 0.6 is 24.0 Å². The van der Waals surface area contributed by atoms with Gasteiger partial charge in [-0.3, -0.25) is 4.99 Å². The lowest BCUT2D eigenvalue weighted by molar-refractivity contribution is 0.106. The lowest BCUT2D eigenvalue weighted by Crippen LogP contribution is -2.39. The summed E-state index contributed by atoms with van der Waals surface area (Å²) in [5.41, 5.74) is 2.15. The van der Waals surface area contributed by atoms with Crippen LogP contribution in [-0.2, 0) is 11.3 Å². The molecule has 0 fully saturated rings. The van der Waals surface area contributed by atoms with E-state index in [4.69, 9.17) is 9.26 Å². The van der Waals surface area contributed by atoms with E-state index in [9.17, 15) is 0 Å². The van der Waals surface area contributed by atoms with Gasteiger partial charge in [-0.15, -0.1) is 24.0 Å². The Morgan fingerprint density at radius 1 is 1.19 bits per heavy atom. The third-order valence-corrected chi connectivity index (χ3v) is 4.55. The van der Waals surface area contributed by atoms with Crippen LogP contribution in [0.4, 0.5) is 0 Å². The molecule has 1 unspecified atom stereocenters. The maximum Gasteiger partial charge on any atom is 0.191 e. The first-order valence-corrected chi connectivity index (χ1v) is 9.19. The van der Waals surface area contributed by atoms with Gasteiger partial charge in [-0.1, -0.05) is 49.3 Å². The third kappa shape index (κ3) is 7.14. The van der Waals surface area contributed by atoms with Crippen molar-refractivity contribution in [2.45, 2.75) is 45.3 Å². The van der Waals surface area contributed by atoms with E-state index in [1.807, 2.05) is 24.3 Å². The predicted octanol–water partition coefficient (Wildman–Crippen LogP) is 4.25. The largest absolute Gasteiger partial charge is 0.375 e. The maximum absolute atomic E-state index is 5.57. The van der Waals surface area contributed by atoms with Crippen LogP contribution in [0.1, 0.15) is 55.7 Å². The van der Waals surface area contributed by atoms with Crippen LogP contribution in [0.2, 0.25) is 0 Å². The fraction of sp³-hybridized carbons (Fsp3) is 0.500. The molecule has 1 aromatic carbocycles. The van der Waals surface area contributed by atoms with Gasteiger partial charge in [-0.05, 0) is 18.4 Å². The van der Waals surface area contributed by atoms with Crippen molar-refractivity contribution >= 4 is 29.9 Å². The van der Waals surface area contributed by atoms with Gasteiger partial charge in [-0.2, -0.15) is 0 Å². The minimum absolute atomic E-state index is 0. The Morgan fingerprint density at radius 2 is 1.89 bits per heavy atom. The highest BCUT2D eigenvalue weighted by Gasteiger charge is 2.14. The second-order valence-electron chi connectivity index (χ2n) is 6.17. The number of hydrogen-bond acceptors (Lipinski definition) is 4. The number of rotatable bonds is 9. The topological polar surface area (TPSA) is 71.7 Å². The van der Waals surface area contributed by atoms with Gasteiger partial charge in [0.05, 0.1) is 18.3 Å². The molecule has 0 amide bonds. The monoisotopic (exact) mass is 486 g/mol. The van der Waals surface area contributed by atoms with Crippen molar-refractivity contribution in [1.29, 1.82) is 0 Å². The molecule has 0 saturated carbocycles. The van der Waals surface area contributed by atoms with E-state index >= 15 is 0 Å². The van der Waals surface area contributed by atoms with Crippen LogP contribution < -0.4 is 10.6 Å². The van der Waals surface area contributed by atoms with Gasteiger partial charge in [0.2, 0.25) is 0 Å². The highest BCUT2D eigenvalue weighted by molar-refractivity contribution is 14.0. The number of nitrogens with one attached hydrogen (secondary N) is 2. The van der Waals surface area contributed by atoms with Gasteiger partial charge in [0, 0.05) is 32.7 Å². The summed E-state index contributed by atoms with van der Waals surface area (Å²) in [5, 5.41) is 10.7. The van der Waals surface area contributed by atoms with Crippen LogP contribution in [0, 0.1) is 0 Å². The van der Waals surface area contributed by atoms with Crippen molar-refractivity contribution < 1.29 is 9.26 Å². The molecule has 2 N–H and O–H groups in total. The second-order valence-corrected chi connectivity index (χ2v) is 6.17. The van der Waals surface area contributed by atoms with Crippen LogP contribution in [-0.4, -0.2) is 31.8 Å². The van der Waals surface area contributed by atoms with E-state index in [1.165, 1.54) is 0 Å². The zero-order valence-electron chi connectivity index (χ0n) is 16.6. The molecule has 1 aromatic heterocycles. The van der Waals surface area contributed by atoms with E-state index in [0.29, 0.717) is 25.0 Å². The highest BCUT2D eigenvalue weighted by atomic mass is 127. The number of ether oxygens (including phenoxy) is 1. The molecule has 0 aliphatic carbocycles. The molecular weight excluding hydrogens is 455 g/mol. The van der Waals surface area contributed by atoms with Gasteiger partial charge in [0.15, 0.2) is 11.7 Å². The molecule has 2 aromatic rings. The van der Waals surface area contributed by atoms with Crippen molar-refractivity contribution in [1.82, 2.24) is 15.8 Å².